The third kappa shape index (κ3) is 5.38. The molecule has 2 aromatic carbocycles. The summed E-state index contributed by atoms with van der Waals surface area (Å²) < 4.78 is 0. The zero-order valence-electron chi connectivity index (χ0n) is 12.2. The van der Waals surface area contributed by atoms with Crippen LogP contribution in [0.2, 0.25) is 0 Å². The molecule has 5 nitrogen and oxygen atoms in total. The minimum Gasteiger partial charge on any atom is -0.384 e. The molecule has 0 aliphatic heterocycles. The van der Waals surface area contributed by atoms with Crippen molar-refractivity contribution < 1.29 is 4.92 Å². The first-order valence-corrected chi connectivity index (χ1v) is 7.16. The molecule has 0 atom stereocenters. The Bertz CT molecular complexity index is 610. The SMILES string of the molecule is O=[N+]([O-])c1ccc(NCCNCC=Cc2ccccc2)cc1. The number of anilines is 1. The van der Waals surface area contributed by atoms with Crippen molar-refractivity contribution >= 4 is 17.5 Å². The molecule has 22 heavy (non-hydrogen) atoms. The highest BCUT2D eigenvalue weighted by molar-refractivity contribution is 5.49. The second-order valence-corrected chi connectivity index (χ2v) is 4.75. The molecule has 0 spiro atoms. The summed E-state index contributed by atoms with van der Waals surface area (Å²) in [5.41, 5.74) is 2.18. The van der Waals surface area contributed by atoms with Crippen LogP contribution >= 0.6 is 0 Å². The number of nitrogens with zero attached hydrogens (tertiary/aromatic N) is 1. The Labute approximate surface area is 129 Å². The normalized spacial score (nSPS) is 10.7. The molecule has 0 radical (unpaired) electrons. The van der Waals surface area contributed by atoms with Crippen LogP contribution in [0.15, 0.2) is 60.7 Å². The molecule has 114 valence electrons. The maximum absolute atomic E-state index is 10.5. The van der Waals surface area contributed by atoms with Crippen molar-refractivity contribution in [2.45, 2.75) is 0 Å². The minimum absolute atomic E-state index is 0.106. The smallest absolute Gasteiger partial charge is 0.269 e. The molecule has 0 fully saturated rings. The van der Waals surface area contributed by atoms with Gasteiger partial charge in [0.05, 0.1) is 4.92 Å². The van der Waals surface area contributed by atoms with E-state index in [0.29, 0.717) is 0 Å². The summed E-state index contributed by atoms with van der Waals surface area (Å²) in [4.78, 5) is 10.1. The van der Waals surface area contributed by atoms with Crippen LogP contribution in [0.3, 0.4) is 0 Å². The molecule has 0 amide bonds. The highest BCUT2D eigenvalue weighted by Crippen LogP contribution is 2.14. The van der Waals surface area contributed by atoms with Gasteiger partial charge in [0.2, 0.25) is 0 Å². The summed E-state index contributed by atoms with van der Waals surface area (Å²) in [6, 6.07) is 16.6. The van der Waals surface area contributed by atoms with Gasteiger partial charge in [-0.05, 0) is 17.7 Å². The van der Waals surface area contributed by atoms with Crippen LogP contribution in [-0.4, -0.2) is 24.6 Å². The van der Waals surface area contributed by atoms with Gasteiger partial charge in [-0.15, -0.1) is 0 Å². The lowest BCUT2D eigenvalue weighted by atomic mass is 10.2. The zero-order valence-corrected chi connectivity index (χ0v) is 12.2. The van der Waals surface area contributed by atoms with Crippen LogP contribution in [0.1, 0.15) is 5.56 Å². The Kier molecular flexibility index (Phi) is 6.14. The maximum Gasteiger partial charge on any atom is 0.269 e. The fourth-order valence-corrected chi connectivity index (χ4v) is 1.94. The van der Waals surface area contributed by atoms with E-state index in [2.05, 4.69) is 34.9 Å². The number of nitrogens with one attached hydrogen (secondary N) is 2. The molecule has 0 unspecified atom stereocenters. The van der Waals surface area contributed by atoms with E-state index >= 15 is 0 Å². The Morgan fingerprint density at radius 2 is 1.73 bits per heavy atom. The van der Waals surface area contributed by atoms with E-state index < -0.39 is 4.92 Å². The highest BCUT2D eigenvalue weighted by atomic mass is 16.6. The van der Waals surface area contributed by atoms with Crippen molar-refractivity contribution in [1.82, 2.24) is 5.32 Å². The number of non-ortho nitro benzene ring substituents is 1. The molecule has 0 aromatic heterocycles. The summed E-state index contributed by atoms with van der Waals surface area (Å²) in [5, 5.41) is 17.1. The van der Waals surface area contributed by atoms with E-state index in [1.165, 1.54) is 17.7 Å². The summed E-state index contributed by atoms with van der Waals surface area (Å²) in [5.74, 6) is 0. The topological polar surface area (TPSA) is 67.2 Å². The number of nitro groups is 1. The lowest BCUT2D eigenvalue weighted by Gasteiger charge is -2.06. The Hall–Kier alpha value is -2.66. The van der Waals surface area contributed by atoms with E-state index in [1.807, 2.05) is 18.2 Å². The van der Waals surface area contributed by atoms with Crippen molar-refractivity contribution in [3.63, 3.8) is 0 Å². The Morgan fingerprint density at radius 1 is 1.00 bits per heavy atom. The van der Waals surface area contributed by atoms with Gasteiger partial charge in [-0.1, -0.05) is 42.5 Å². The molecule has 2 rings (SSSR count). The fourth-order valence-electron chi connectivity index (χ4n) is 1.94. The van der Waals surface area contributed by atoms with E-state index in [0.717, 1.165) is 25.3 Å². The molecular formula is C17H19N3O2. The number of hydrogen-bond donors (Lipinski definition) is 2. The Morgan fingerprint density at radius 3 is 2.41 bits per heavy atom. The predicted octanol–water partition coefficient (Wildman–Crippen LogP) is 3.31. The van der Waals surface area contributed by atoms with Gasteiger partial charge in [0.1, 0.15) is 0 Å². The van der Waals surface area contributed by atoms with Crippen molar-refractivity contribution in [2.24, 2.45) is 0 Å². The summed E-state index contributed by atoms with van der Waals surface area (Å²) >= 11 is 0. The highest BCUT2D eigenvalue weighted by Gasteiger charge is 2.02. The van der Waals surface area contributed by atoms with Gasteiger partial charge in [-0.2, -0.15) is 0 Å². The number of rotatable bonds is 8. The maximum atomic E-state index is 10.5. The van der Waals surface area contributed by atoms with Gasteiger partial charge < -0.3 is 10.6 Å². The minimum atomic E-state index is -0.398. The van der Waals surface area contributed by atoms with Crippen molar-refractivity contribution in [2.75, 3.05) is 25.0 Å². The quantitative estimate of drug-likeness (QED) is 0.445. The molecule has 0 aliphatic carbocycles. The van der Waals surface area contributed by atoms with Crippen molar-refractivity contribution in [1.29, 1.82) is 0 Å². The number of nitro benzene ring substituents is 1. The molecule has 0 aliphatic rings. The Balaban J connectivity index is 1.61. The van der Waals surface area contributed by atoms with Crippen LogP contribution in [-0.2, 0) is 0 Å². The number of hydrogen-bond acceptors (Lipinski definition) is 4. The van der Waals surface area contributed by atoms with Crippen LogP contribution in [0, 0.1) is 10.1 Å². The summed E-state index contributed by atoms with van der Waals surface area (Å²) in [6.45, 7) is 2.38. The fraction of sp³-hybridized carbons (Fsp3) is 0.176. The molecule has 0 saturated carbocycles. The molecule has 5 heteroatoms. The van der Waals surface area contributed by atoms with E-state index in [9.17, 15) is 10.1 Å². The van der Waals surface area contributed by atoms with Crippen LogP contribution in [0.5, 0.6) is 0 Å². The monoisotopic (exact) mass is 297 g/mol. The number of benzene rings is 2. The molecule has 2 aromatic rings. The molecule has 0 saturated heterocycles. The molecular weight excluding hydrogens is 278 g/mol. The average molecular weight is 297 g/mol. The third-order valence-electron chi connectivity index (χ3n) is 3.08. The first-order chi connectivity index (χ1) is 10.8. The third-order valence-corrected chi connectivity index (χ3v) is 3.08. The van der Waals surface area contributed by atoms with Crippen LogP contribution in [0.4, 0.5) is 11.4 Å². The van der Waals surface area contributed by atoms with Crippen molar-refractivity contribution in [3.05, 3.63) is 76.4 Å². The lowest BCUT2D eigenvalue weighted by molar-refractivity contribution is -0.384. The standard InChI is InChI=1S/C17H19N3O2/c21-20(22)17-10-8-16(9-11-17)19-14-13-18-12-4-7-15-5-2-1-3-6-15/h1-11,18-19H,12-14H2. The van der Waals surface area contributed by atoms with Gasteiger partial charge in [-0.25, -0.2) is 0 Å². The molecule has 2 N–H and O–H groups in total. The van der Waals surface area contributed by atoms with Gasteiger partial charge in [0, 0.05) is 37.5 Å². The van der Waals surface area contributed by atoms with E-state index in [1.54, 1.807) is 12.1 Å². The van der Waals surface area contributed by atoms with Gasteiger partial charge in [0.15, 0.2) is 0 Å². The zero-order chi connectivity index (χ0) is 15.6. The van der Waals surface area contributed by atoms with Crippen LogP contribution < -0.4 is 10.6 Å². The largest absolute Gasteiger partial charge is 0.384 e. The average Bonchev–Trinajstić information content (AvgIpc) is 2.55. The predicted molar refractivity (Wildman–Crippen MR) is 89.9 cm³/mol. The van der Waals surface area contributed by atoms with Crippen LogP contribution in [0.25, 0.3) is 6.08 Å². The lowest BCUT2D eigenvalue weighted by Crippen LogP contribution is -2.22. The van der Waals surface area contributed by atoms with Gasteiger partial charge >= 0.3 is 0 Å². The van der Waals surface area contributed by atoms with Crippen molar-refractivity contribution in [3.8, 4) is 0 Å². The van der Waals surface area contributed by atoms with E-state index in [4.69, 9.17) is 0 Å². The van der Waals surface area contributed by atoms with Gasteiger partial charge in [0.25, 0.3) is 5.69 Å². The summed E-state index contributed by atoms with van der Waals surface area (Å²) in [6.07, 6.45) is 4.16. The van der Waals surface area contributed by atoms with E-state index in [-0.39, 0.29) is 5.69 Å². The summed E-state index contributed by atoms with van der Waals surface area (Å²) in [7, 11) is 0. The first kappa shape index (κ1) is 15.7. The molecule has 0 heterocycles. The first-order valence-electron chi connectivity index (χ1n) is 7.16. The second-order valence-electron chi connectivity index (χ2n) is 4.75. The van der Waals surface area contributed by atoms with Gasteiger partial charge in [-0.3, -0.25) is 10.1 Å². The second kappa shape index (κ2) is 8.59. The molecule has 0 bridgehead atoms.